The number of hydrogen-bond donors (Lipinski definition) is 0. The molecule has 628 valence electrons. The Morgan fingerprint density at radius 2 is 0.425 bits per heavy atom. The Balaban J connectivity index is 0.000000140. The van der Waals surface area contributed by atoms with Crippen LogP contribution in [0.2, 0.25) is 0 Å². The lowest BCUT2D eigenvalue weighted by atomic mass is 9.68. The van der Waals surface area contributed by atoms with E-state index in [2.05, 4.69) is 529 Å². The first kappa shape index (κ1) is 78.3. The highest BCUT2D eigenvalue weighted by molar-refractivity contribution is 7.26. The van der Waals surface area contributed by atoms with Gasteiger partial charge in [0.15, 0.2) is 0 Å². The number of anilines is 6. The Labute approximate surface area is 785 Å². The lowest BCUT2D eigenvalue weighted by Crippen LogP contribution is -2.28. The average molecular weight is 1740 g/mol. The third kappa shape index (κ3) is 12.6. The average Bonchev–Trinajstić information content (AvgIpc) is 1.54. The quantitative estimate of drug-likeness (QED) is 0.102. The monoisotopic (exact) mass is 1740 g/mol. The van der Waals surface area contributed by atoms with Crippen LogP contribution in [-0.4, -0.2) is 9.13 Å². The summed E-state index contributed by atoms with van der Waals surface area (Å²) in [4.78, 5) is 4.82. The molecule has 0 amide bonds. The first-order chi connectivity index (χ1) is 66.4. The molecule has 4 heterocycles. The molecule has 0 radical (unpaired) electrons. The molecule has 0 N–H and O–H groups in total. The molecule has 21 aromatic carbocycles. The van der Waals surface area contributed by atoms with E-state index in [1.165, 1.54) is 184 Å². The summed E-state index contributed by atoms with van der Waals surface area (Å²) in [6.45, 7) is 0. The molecule has 4 nitrogen and oxygen atoms in total. The minimum absolute atomic E-state index is 0.466. The molecule has 0 saturated carbocycles. The van der Waals surface area contributed by atoms with Crippen LogP contribution in [-0.2, 0) is 10.8 Å². The maximum Gasteiger partial charge on any atom is 0.0713 e. The van der Waals surface area contributed by atoms with Crippen LogP contribution in [0.25, 0.3) is 151 Å². The van der Waals surface area contributed by atoms with E-state index < -0.39 is 10.8 Å². The van der Waals surface area contributed by atoms with Crippen molar-refractivity contribution in [1.29, 1.82) is 0 Å². The van der Waals surface area contributed by atoms with Crippen LogP contribution >= 0.6 is 22.7 Å². The van der Waals surface area contributed by atoms with Gasteiger partial charge in [-0.2, -0.15) is 0 Å². The molecule has 0 spiro atoms. The van der Waals surface area contributed by atoms with Gasteiger partial charge in [-0.25, -0.2) is 0 Å². The SMILES string of the molecule is c1ccc(C2(c3ccc(N(c4ccc(-c5ccc(-n6c7ccccc7c7ccccc76)cc5)cc4)c4cccc(-c5ccc6sc7ccccc7c6c5)c4)cc3)c3ccccc3-c3ccccc32)cc1.c1ccc(C2(c3ccc(N(c4ccc(-n5c6ccccc6c6ccccc65)cc4)c4cccc(-c5ccc6sc7ccccc7c6c5)c4)cc3)c3ccccc3-c3ccccc32)cc1. The van der Waals surface area contributed by atoms with Gasteiger partial charge in [0, 0.05) is 107 Å². The molecule has 2 aliphatic carbocycles. The molecule has 0 bridgehead atoms. The van der Waals surface area contributed by atoms with E-state index in [0.717, 1.165) is 45.5 Å². The molecule has 6 heteroatoms. The summed E-state index contributed by atoms with van der Waals surface area (Å²) in [5, 5.41) is 10.3. The third-order valence-electron chi connectivity index (χ3n) is 28.2. The van der Waals surface area contributed by atoms with Crippen molar-refractivity contribution in [3.05, 3.63) is 554 Å². The zero-order valence-corrected chi connectivity index (χ0v) is 74.7. The van der Waals surface area contributed by atoms with Gasteiger partial charge in [-0.3, -0.25) is 0 Å². The summed E-state index contributed by atoms with van der Waals surface area (Å²) >= 11 is 3.72. The Bertz CT molecular complexity index is 8670. The summed E-state index contributed by atoms with van der Waals surface area (Å²) < 4.78 is 10.0. The molecule has 27 rings (SSSR count). The second-order valence-electron chi connectivity index (χ2n) is 35.2. The van der Waals surface area contributed by atoms with Crippen molar-refractivity contribution in [3.8, 4) is 67.0 Å². The molecule has 0 unspecified atom stereocenters. The van der Waals surface area contributed by atoms with Gasteiger partial charge in [0.1, 0.15) is 0 Å². The zero-order valence-electron chi connectivity index (χ0n) is 73.1. The van der Waals surface area contributed by atoms with E-state index in [9.17, 15) is 0 Å². The predicted molar refractivity (Wildman–Crippen MR) is 568 cm³/mol. The maximum atomic E-state index is 2.41. The van der Waals surface area contributed by atoms with Crippen LogP contribution in [0.15, 0.2) is 510 Å². The van der Waals surface area contributed by atoms with Crippen LogP contribution < -0.4 is 9.80 Å². The summed E-state index contributed by atoms with van der Waals surface area (Å²) in [6.07, 6.45) is 0. The van der Waals surface area contributed by atoms with Crippen molar-refractivity contribution in [2.45, 2.75) is 10.8 Å². The number of hydrogen-bond acceptors (Lipinski definition) is 4. The van der Waals surface area contributed by atoms with Crippen molar-refractivity contribution >= 4 is 141 Å². The van der Waals surface area contributed by atoms with Crippen molar-refractivity contribution in [1.82, 2.24) is 9.13 Å². The largest absolute Gasteiger partial charge is 0.310 e. The van der Waals surface area contributed by atoms with Gasteiger partial charge in [-0.05, 0) is 258 Å². The second kappa shape index (κ2) is 32.1. The Morgan fingerprint density at radius 3 is 0.791 bits per heavy atom. The van der Waals surface area contributed by atoms with Crippen LogP contribution in [0.3, 0.4) is 0 Å². The summed E-state index contributed by atoms with van der Waals surface area (Å²) in [5.41, 5.74) is 35.3. The minimum atomic E-state index is -0.471. The molecule has 4 aromatic heterocycles. The van der Waals surface area contributed by atoms with E-state index in [4.69, 9.17) is 0 Å². The fourth-order valence-corrected chi connectivity index (χ4v) is 24.4. The highest BCUT2D eigenvalue weighted by Crippen LogP contribution is 2.59. The fraction of sp³-hybridized carbons (Fsp3) is 0.0156. The van der Waals surface area contributed by atoms with Crippen molar-refractivity contribution < 1.29 is 0 Å². The summed E-state index contributed by atoms with van der Waals surface area (Å²) in [6, 6.07) is 188. The van der Waals surface area contributed by atoms with Crippen LogP contribution in [0.4, 0.5) is 34.1 Å². The van der Waals surface area contributed by atoms with E-state index in [-0.39, 0.29) is 0 Å². The summed E-state index contributed by atoms with van der Waals surface area (Å²) in [7, 11) is 0. The van der Waals surface area contributed by atoms with Gasteiger partial charge in [0.05, 0.1) is 32.9 Å². The standard InChI is InChI=1S/C67H44N2S.C61H40N2S/c1-2-16-49(17-3-1)67(61-24-9-4-19-55(61)56-20-5-10-25-62(56)67)50-34-40-52(41-35-50)68(54-18-14-15-47(43-54)48-33-42-66-60(44-48)59-23-8-13-28-65(59)70-66)51-36-29-45(30-37-51)46-31-38-53(39-32-46)69-63-26-11-6-21-57(63)58-22-7-12-27-64(58)69;1-2-16-43(17-3-1)61(55-24-9-4-19-49(55)50-20-5-10-25-56(50)61)44-30-32-45(33-31-44)62(46-34-36-47(37-35-46)63-57-26-11-6-21-51(57)52-22-7-12-27-58(52)63)48-18-14-15-41(39-48)42-29-38-60-54(40-42)53-23-8-13-28-59(53)64-60/h1-44H;1-40H. The van der Waals surface area contributed by atoms with E-state index in [0.29, 0.717) is 0 Å². The Morgan fingerprint density at radius 1 is 0.164 bits per heavy atom. The van der Waals surface area contributed by atoms with Crippen LogP contribution in [0, 0.1) is 0 Å². The highest BCUT2D eigenvalue weighted by atomic mass is 32.1. The molecular formula is C128H84N4S2. The first-order valence-corrected chi connectivity index (χ1v) is 47.7. The predicted octanol–water partition coefficient (Wildman–Crippen LogP) is 35.0. The Hall–Kier alpha value is -16.7. The van der Waals surface area contributed by atoms with Crippen LogP contribution in [0.1, 0.15) is 44.5 Å². The fourth-order valence-electron chi connectivity index (χ4n) is 22.3. The minimum Gasteiger partial charge on any atom is -0.310 e. The zero-order chi connectivity index (χ0) is 88.4. The van der Waals surface area contributed by atoms with Gasteiger partial charge < -0.3 is 18.9 Å². The smallest absolute Gasteiger partial charge is 0.0713 e. The number of para-hydroxylation sites is 4. The van der Waals surface area contributed by atoms with Gasteiger partial charge in [-0.15, -0.1) is 22.7 Å². The van der Waals surface area contributed by atoms with Gasteiger partial charge in [0.25, 0.3) is 0 Å². The number of rotatable bonds is 15. The molecule has 25 aromatic rings. The second-order valence-corrected chi connectivity index (χ2v) is 37.4. The number of aromatic nitrogens is 2. The molecule has 2 aliphatic rings. The highest BCUT2D eigenvalue weighted by Gasteiger charge is 2.48. The molecule has 0 fully saturated rings. The molecular weight excluding hydrogens is 1660 g/mol. The van der Waals surface area contributed by atoms with Crippen molar-refractivity contribution in [3.63, 3.8) is 0 Å². The molecule has 0 saturated heterocycles. The normalized spacial score (nSPS) is 12.7. The number of thiophene rings is 2. The van der Waals surface area contributed by atoms with Gasteiger partial charge in [-0.1, -0.05) is 352 Å². The van der Waals surface area contributed by atoms with Crippen LogP contribution in [0.5, 0.6) is 0 Å². The van der Waals surface area contributed by atoms with Gasteiger partial charge >= 0.3 is 0 Å². The summed E-state index contributed by atoms with van der Waals surface area (Å²) in [5.74, 6) is 0. The lowest BCUT2D eigenvalue weighted by Gasteiger charge is -2.34. The van der Waals surface area contributed by atoms with Gasteiger partial charge in [0.2, 0.25) is 0 Å². The first-order valence-electron chi connectivity index (χ1n) is 46.1. The number of benzene rings is 21. The molecule has 0 atom stereocenters. The number of fused-ring (bicyclic) bond motifs is 18. The van der Waals surface area contributed by atoms with E-state index in [1.807, 2.05) is 22.7 Å². The van der Waals surface area contributed by atoms with Crippen molar-refractivity contribution in [2.75, 3.05) is 9.80 Å². The Kier molecular flexibility index (Phi) is 18.8. The lowest BCUT2D eigenvalue weighted by molar-refractivity contribution is 0.768. The molecule has 134 heavy (non-hydrogen) atoms. The third-order valence-corrected chi connectivity index (χ3v) is 30.5. The topological polar surface area (TPSA) is 16.3 Å². The maximum absolute atomic E-state index is 2.41. The van der Waals surface area contributed by atoms with E-state index in [1.54, 1.807) is 0 Å². The van der Waals surface area contributed by atoms with Crippen molar-refractivity contribution in [2.24, 2.45) is 0 Å². The van der Waals surface area contributed by atoms with E-state index >= 15 is 0 Å². The molecule has 0 aliphatic heterocycles. The number of nitrogens with zero attached hydrogens (tertiary/aromatic N) is 4.